The summed E-state index contributed by atoms with van der Waals surface area (Å²) >= 11 is 0. The average molecular weight is 272 g/mol. The van der Waals surface area contributed by atoms with Gasteiger partial charge in [-0.2, -0.15) is 0 Å². The Morgan fingerprint density at radius 1 is 0.900 bits per heavy atom. The fourth-order valence-electron chi connectivity index (χ4n) is 2.35. The van der Waals surface area contributed by atoms with E-state index in [2.05, 4.69) is 12.1 Å². The van der Waals surface area contributed by atoms with Crippen LogP contribution in [0.15, 0.2) is 42.5 Å². The third kappa shape index (κ3) is 3.31. The van der Waals surface area contributed by atoms with Crippen molar-refractivity contribution in [2.75, 3.05) is 6.61 Å². The summed E-state index contributed by atoms with van der Waals surface area (Å²) in [6, 6.07) is 13.4. The molecule has 0 aliphatic carbocycles. The maximum Gasteiger partial charge on any atom is 0.123 e. The highest BCUT2D eigenvalue weighted by Gasteiger charge is 2.15. The molecular formula is C17H20O3. The van der Waals surface area contributed by atoms with Crippen molar-refractivity contribution in [1.82, 2.24) is 0 Å². The van der Waals surface area contributed by atoms with Crippen LogP contribution in [0.1, 0.15) is 29.5 Å². The third-order valence-electron chi connectivity index (χ3n) is 3.51. The molecule has 3 heteroatoms. The topological polar surface area (TPSA) is 60.7 Å². The van der Waals surface area contributed by atoms with Crippen molar-refractivity contribution < 1.29 is 15.3 Å². The quantitative estimate of drug-likeness (QED) is 0.784. The first-order valence-electron chi connectivity index (χ1n) is 6.81. The van der Waals surface area contributed by atoms with Crippen LogP contribution in [0, 0.1) is 0 Å². The summed E-state index contributed by atoms with van der Waals surface area (Å²) in [5, 5.41) is 29.1. The molecule has 0 saturated carbocycles. The smallest absolute Gasteiger partial charge is 0.123 e. The Kier molecular flexibility index (Phi) is 4.64. The van der Waals surface area contributed by atoms with Crippen molar-refractivity contribution in [3.8, 4) is 11.5 Å². The number of hydrogen-bond donors (Lipinski definition) is 3. The number of benzene rings is 2. The Hall–Kier alpha value is -2.00. The first-order chi connectivity index (χ1) is 9.61. The van der Waals surface area contributed by atoms with E-state index in [9.17, 15) is 10.2 Å². The fraction of sp³-hybridized carbons (Fsp3) is 0.294. The van der Waals surface area contributed by atoms with Crippen LogP contribution in [-0.2, 0) is 12.8 Å². The van der Waals surface area contributed by atoms with E-state index in [0.29, 0.717) is 5.56 Å². The van der Waals surface area contributed by atoms with E-state index in [-0.39, 0.29) is 24.0 Å². The summed E-state index contributed by atoms with van der Waals surface area (Å²) in [7, 11) is 0. The molecule has 0 amide bonds. The summed E-state index contributed by atoms with van der Waals surface area (Å²) in [6.45, 7) is 1.66. The Labute approximate surface area is 119 Å². The van der Waals surface area contributed by atoms with Crippen molar-refractivity contribution in [3.63, 3.8) is 0 Å². The number of rotatable bonds is 5. The molecular weight excluding hydrogens is 252 g/mol. The van der Waals surface area contributed by atoms with E-state index in [1.54, 1.807) is 19.1 Å². The zero-order valence-electron chi connectivity index (χ0n) is 11.6. The van der Waals surface area contributed by atoms with Crippen LogP contribution >= 0.6 is 0 Å². The summed E-state index contributed by atoms with van der Waals surface area (Å²) in [6.07, 6.45) is 1.60. The lowest BCUT2D eigenvalue weighted by molar-refractivity contribution is 0.267. The van der Waals surface area contributed by atoms with E-state index in [1.165, 1.54) is 5.56 Å². The summed E-state index contributed by atoms with van der Waals surface area (Å²) < 4.78 is 0. The van der Waals surface area contributed by atoms with E-state index < -0.39 is 0 Å². The summed E-state index contributed by atoms with van der Waals surface area (Å²) in [5.41, 5.74) is 2.52. The van der Waals surface area contributed by atoms with Gasteiger partial charge >= 0.3 is 0 Å². The minimum atomic E-state index is -0.279. The lowest BCUT2D eigenvalue weighted by Crippen LogP contribution is -2.01. The molecule has 2 aromatic carbocycles. The molecule has 106 valence electrons. The number of aryl methyl sites for hydroxylation is 2. The minimum Gasteiger partial charge on any atom is -0.508 e. The first kappa shape index (κ1) is 14.4. The predicted molar refractivity (Wildman–Crippen MR) is 79.1 cm³/mol. The molecule has 1 unspecified atom stereocenters. The van der Waals surface area contributed by atoms with Gasteiger partial charge in [-0.05, 0) is 36.1 Å². The number of aliphatic hydroxyl groups is 1. The monoisotopic (exact) mass is 272 g/mol. The Morgan fingerprint density at radius 2 is 1.45 bits per heavy atom. The van der Waals surface area contributed by atoms with Gasteiger partial charge in [0.05, 0.1) is 0 Å². The van der Waals surface area contributed by atoms with Crippen LogP contribution in [0.3, 0.4) is 0 Å². The highest BCUT2D eigenvalue weighted by molar-refractivity contribution is 5.48. The molecule has 0 radical (unpaired) electrons. The molecule has 0 aliphatic rings. The van der Waals surface area contributed by atoms with Gasteiger partial charge in [0.1, 0.15) is 11.5 Å². The first-order valence-corrected chi connectivity index (χ1v) is 6.81. The van der Waals surface area contributed by atoms with Gasteiger partial charge in [0.15, 0.2) is 0 Å². The molecule has 3 N–H and O–H groups in total. The Bertz CT molecular complexity index is 541. The fourth-order valence-corrected chi connectivity index (χ4v) is 2.35. The van der Waals surface area contributed by atoms with E-state index in [1.807, 2.05) is 18.2 Å². The second-order valence-electron chi connectivity index (χ2n) is 5.12. The molecule has 2 rings (SSSR count). The van der Waals surface area contributed by atoms with Gasteiger partial charge in [0.25, 0.3) is 0 Å². The van der Waals surface area contributed by atoms with Crippen LogP contribution in [0.25, 0.3) is 0 Å². The van der Waals surface area contributed by atoms with Gasteiger partial charge in [-0.3, -0.25) is 0 Å². The number of hydrogen-bond acceptors (Lipinski definition) is 3. The maximum atomic E-state index is 10.00. The summed E-state index contributed by atoms with van der Waals surface area (Å²) in [5.74, 6) is -0.178. The SMILES string of the molecule is CC(CO)c1c(O)cc(CCc2ccccc2)cc1O. The second-order valence-corrected chi connectivity index (χ2v) is 5.12. The number of aromatic hydroxyl groups is 2. The van der Waals surface area contributed by atoms with Crippen molar-refractivity contribution >= 4 is 0 Å². The van der Waals surface area contributed by atoms with Crippen LogP contribution in [0.2, 0.25) is 0 Å². The Balaban J connectivity index is 2.14. The maximum absolute atomic E-state index is 10.00. The second kappa shape index (κ2) is 6.44. The van der Waals surface area contributed by atoms with Gasteiger partial charge in [0, 0.05) is 18.1 Å². The van der Waals surface area contributed by atoms with Crippen molar-refractivity contribution in [3.05, 3.63) is 59.2 Å². The zero-order chi connectivity index (χ0) is 14.5. The summed E-state index contributed by atoms with van der Waals surface area (Å²) in [4.78, 5) is 0. The molecule has 0 bridgehead atoms. The zero-order valence-corrected chi connectivity index (χ0v) is 11.6. The lowest BCUT2D eigenvalue weighted by atomic mass is 9.96. The molecule has 0 saturated heterocycles. The van der Waals surface area contributed by atoms with Gasteiger partial charge in [-0.15, -0.1) is 0 Å². The molecule has 1 atom stereocenters. The van der Waals surface area contributed by atoms with Crippen LogP contribution in [0.5, 0.6) is 11.5 Å². The normalized spacial score (nSPS) is 12.3. The van der Waals surface area contributed by atoms with Gasteiger partial charge < -0.3 is 15.3 Å². The Morgan fingerprint density at radius 3 is 2.00 bits per heavy atom. The number of aliphatic hydroxyl groups excluding tert-OH is 1. The van der Waals surface area contributed by atoms with Gasteiger partial charge in [-0.25, -0.2) is 0 Å². The molecule has 0 fully saturated rings. The number of phenolic OH excluding ortho intramolecular Hbond substituents is 2. The molecule has 0 spiro atoms. The highest BCUT2D eigenvalue weighted by Crippen LogP contribution is 2.35. The molecule has 0 aliphatic heterocycles. The lowest BCUT2D eigenvalue weighted by Gasteiger charge is -2.14. The van der Waals surface area contributed by atoms with Crippen molar-refractivity contribution in [1.29, 1.82) is 0 Å². The minimum absolute atomic E-state index is 0.0506. The van der Waals surface area contributed by atoms with E-state index in [4.69, 9.17) is 5.11 Å². The molecule has 3 nitrogen and oxygen atoms in total. The van der Waals surface area contributed by atoms with Crippen LogP contribution < -0.4 is 0 Å². The molecule has 0 aromatic heterocycles. The van der Waals surface area contributed by atoms with Crippen LogP contribution in [-0.4, -0.2) is 21.9 Å². The standard InChI is InChI=1S/C17H20O3/c1-12(11-18)17-15(19)9-14(10-16(17)20)8-7-13-5-3-2-4-6-13/h2-6,9-10,12,18-20H,7-8,11H2,1H3. The number of phenols is 2. The van der Waals surface area contributed by atoms with Crippen LogP contribution in [0.4, 0.5) is 0 Å². The highest BCUT2D eigenvalue weighted by atomic mass is 16.3. The van der Waals surface area contributed by atoms with E-state index >= 15 is 0 Å². The predicted octanol–water partition coefficient (Wildman–Crippen LogP) is 2.98. The van der Waals surface area contributed by atoms with E-state index in [0.717, 1.165) is 18.4 Å². The molecule has 2 aromatic rings. The van der Waals surface area contributed by atoms with Gasteiger partial charge in [-0.1, -0.05) is 37.3 Å². The average Bonchev–Trinajstić information content (AvgIpc) is 2.45. The molecule has 20 heavy (non-hydrogen) atoms. The third-order valence-corrected chi connectivity index (χ3v) is 3.51. The van der Waals surface area contributed by atoms with Crippen molar-refractivity contribution in [2.45, 2.75) is 25.7 Å². The molecule has 0 heterocycles. The largest absolute Gasteiger partial charge is 0.508 e. The van der Waals surface area contributed by atoms with Crippen molar-refractivity contribution in [2.24, 2.45) is 0 Å². The van der Waals surface area contributed by atoms with Gasteiger partial charge in [0.2, 0.25) is 0 Å².